The zero-order valence-corrected chi connectivity index (χ0v) is 10.6. The topological polar surface area (TPSA) is 15.3 Å². The minimum absolute atomic E-state index is 0.571. The fourth-order valence-corrected chi connectivity index (χ4v) is 2.45. The molecular weight excluding hydrogens is 196 g/mol. The number of hydrogen-bond acceptors (Lipinski definition) is 2. The molecule has 2 nitrogen and oxygen atoms in total. The summed E-state index contributed by atoms with van der Waals surface area (Å²) in [5.74, 6) is 0. The van der Waals surface area contributed by atoms with E-state index >= 15 is 0 Å². The molecule has 0 aliphatic carbocycles. The summed E-state index contributed by atoms with van der Waals surface area (Å²) in [4.78, 5) is 2.33. The fraction of sp³-hybridized carbons (Fsp3) is 0.571. The third-order valence-corrected chi connectivity index (χ3v) is 3.34. The van der Waals surface area contributed by atoms with Gasteiger partial charge in [0.15, 0.2) is 0 Å². The molecule has 1 heterocycles. The van der Waals surface area contributed by atoms with Crippen molar-refractivity contribution >= 4 is 11.4 Å². The van der Waals surface area contributed by atoms with Gasteiger partial charge in [-0.3, -0.25) is 0 Å². The Labute approximate surface area is 98.7 Å². The van der Waals surface area contributed by atoms with Crippen LogP contribution < -0.4 is 10.2 Å². The second-order valence-corrected chi connectivity index (χ2v) is 4.85. The number of fused-ring (bicyclic) bond motifs is 1. The summed E-state index contributed by atoms with van der Waals surface area (Å²) >= 11 is 0. The third kappa shape index (κ3) is 2.31. The van der Waals surface area contributed by atoms with E-state index in [1.165, 1.54) is 36.2 Å². The van der Waals surface area contributed by atoms with Gasteiger partial charge in [-0.2, -0.15) is 0 Å². The van der Waals surface area contributed by atoms with Crippen LogP contribution in [0.25, 0.3) is 0 Å². The van der Waals surface area contributed by atoms with Crippen LogP contribution in [0.4, 0.5) is 11.4 Å². The Balaban J connectivity index is 2.07. The van der Waals surface area contributed by atoms with E-state index in [9.17, 15) is 0 Å². The zero-order valence-electron chi connectivity index (χ0n) is 10.6. The maximum Gasteiger partial charge on any atom is 0.0398 e. The third-order valence-electron chi connectivity index (χ3n) is 3.34. The predicted octanol–water partition coefficient (Wildman–Crippen LogP) is 3.28. The fourth-order valence-electron chi connectivity index (χ4n) is 2.45. The first-order valence-electron chi connectivity index (χ1n) is 6.31. The molecule has 1 aromatic rings. The molecule has 0 saturated heterocycles. The number of rotatable bonds is 4. The van der Waals surface area contributed by atoms with Crippen molar-refractivity contribution in [2.75, 3.05) is 23.8 Å². The first-order chi connectivity index (χ1) is 7.70. The summed E-state index contributed by atoms with van der Waals surface area (Å²) in [5.41, 5.74) is 4.15. The summed E-state index contributed by atoms with van der Waals surface area (Å²) in [6, 6.07) is 7.32. The minimum atomic E-state index is 0.571. The molecule has 0 amide bonds. The van der Waals surface area contributed by atoms with Crippen LogP contribution in [-0.4, -0.2) is 19.6 Å². The van der Waals surface area contributed by atoms with Crippen molar-refractivity contribution < 1.29 is 0 Å². The molecule has 1 unspecified atom stereocenters. The van der Waals surface area contributed by atoms with Crippen molar-refractivity contribution in [3.63, 3.8) is 0 Å². The van der Waals surface area contributed by atoms with Gasteiger partial charge in [-0.05, 0) is 43.5 Å². The van der Waals surface area contributed by atoms with Crippen LogP contribution in [0.2, 0.25) is 0 Å². The molecule has 2 heteroatoms. The zero-order chi connectivity index (χ0) is 11.5. The van der Waals surface area contributed by atoms with Gasteiger partial charge in [-0.25, -0.2) is 0 Å². The van der Waals surface area contributed by atoms with Crippen LogP contribution in [0.1, 0.15) is 32.3 Å². The average Bonchev–Trinajstić information content (AvgIpc) is 2.60. The number of likely N-dealkylation sites (N-methyl/N-ethyl adjacent to an activating group) is 1. The van der Waals surface area contributed by atoms with Crippen LogP contribution in [0.5, 0.6) is 0 Å². The van der Waals surface area contributed by atoms with Crippen molar-refractivity contribution in [1.82, 2.24) is 0 Å². The van der Waals surface area contributed by atoms with Crippen LogP contribution >= 0.6 is 0 Å². The monoisotopic (exact) mass is 218 g/mol. The highest BCUT2D eigenvalue weighted by atomic mass is 15.1. The molecule has 88 valence electrons. The molecule has 1 aromatic carbocycles. The van der Waals surface area contributed by atoms with Crippen molar-refractivity contribution in [3.05, 3.63) is 23.8 Å². The molecule has 0 aromatic heterocycles. The molecule has 16 heavy (non-hydrogen) atoms. The number of nitrogens with one attached hydrogen (secondary N) is 1. The van der Waals surface area contributed by atoms with E-state index in [4.69, 9.17) is 0 Å². The normalized spacial score (nSPS) is 16.1. The summed E-state index contributed by atoms with van der Waals surface area (Å²) in [6.07, 6.45) is 3.66. The summed E-state index contributed by atoms with van der Waals surface area (Å²) in [5, 5.41) is 3.57. The lowest BCUT2D eigenvalue weighted by Gasteiger charge is -2.16. The molecule has 0 fully saturated rings. The van der Waals surface area contributed by atoms with Crippen molar-refractivity contribution in [3.8, 4) is 0 Å². The molecule has 0 spiro atoms. The predicted molar refractivity (Wildman–Crippen MR) is 71.4 cm³/mol. The van der Waals surface area contributed by atoms with Gasteiger partial charge in [0.25, 0.3) is 0 Å². The molecule has 0 saturated carbocycles. The van der Waals surface area contributed by atoms with Gasteiger partial charge in [0.05, 0.1) is 0 Å². The van der Waals surface area contributed by atoms with E-state index in [-0.39, 0.29) is 0 Å². The smallest absolute Gasteiger partial charge is 0.0398 e. The number of benzene rings is 1. The molecule has 1 atom stereocenters. The Hall–Kier alpha value is -1.18. The maximum absolute atomic E-state index is 3.57. The second-order valence-electron chi connectivity index (χ2n) is 4.85. The minimum Gasteiger partial charge on any atom is -0.383 e. The quantitative estimate of drug-likeness (QED) is 0.834. The number of hydrogen-bond donors (Lipinski definition) is 1. The highest BCUT2D eigenvalue weighted by Gasteiger charge is 2.15. The Morgan fingerprint density at radius 1 is 1.44 bits per heavy atom. The van der Waals surface area contributed by atoms with Crippen molar-refractivity contribution in [2.24, 2.45) is 0 Å². The first-order valence-corrected chi connectivity index (χ1v) is 6.31. The molecular formula is C14H22N2. The van der Waals surface area contributed by atoms with E-state index in [1.807, 2.05) is 0 Å². The Morgan fingerprint density at radius 2 is 2.25 bits per heavy atom. The van der Waals surface area contributed by atoms with Gasteiger partial charge in [0, 0.05) is 31.0 Å². The van der Waals surface area contributed by atoms with Gasteiger partial charge < -0.3 is 10.2 Å². The van der Waals surface area contributed by atoms with Crippen molar-refractivity contribution in [2.45, 2.75) is 39.2 Å². The van der Waals surface area contributed by atoms with Gasteiger partial charge in [-0.15, -0.1) is 0 Å². The SMILES string of the molecule is CCCC(C)Nc1ccc2c(c1)CCN2C. The number of anilines is 2. The van der Waals surface area contributed by atoms with E-state index in [0.717, 1.165) is 6.54 Å². The van der Waals surface area contributed by atoms with Crippen LogP contribution in [0.15, 0.2) is 18.2 Å². The average molecular weight is 218 g/mol. The summed E-state index contributed by atoms with van der Waals surface area (Å²) in [6.45, 7) is 5.64. The van der Waals surface area contributed by atoms with Crippen molar-refractivity contribution in [1.29, 1.82) is 0 Å². The van der Waals surface area contributed by atoms with E-state index in [2.05, 4.69) is 49.3 Å². The molecule has 0 radical (unpaired) electrons. The lowest BCUT2D eigenvalue weighted by molar-refractivity contribution is 0.690. The van der Waals surface area contributed by atoms with E-state index < -0.39 is 0 Å². The van der Waals surface area contributed by atoms with Gasteiger partial charge >= 0.3 is 0 Å². The van der Waals surface area contributed by atoms with Crippen LogP contribution in [0, 0.1) is 0 Å². The standard InChI is InChI=1S/C14H22N2/c1-4-5-11(2)15-13-6-7-14-12(10-13)8-9-16(14)3/h6-7,10-11,15H,4-5,8-9H2,1-3H3. The van der Waals surface area contributed by atoms with Crippen LogP contribution in [0.3, 0.4) is 0 Å². The lowest BCUT2D eigenvalue weighted by Crippen LogP contribution is -2.14. The Morgan fingerprint density at radius 3 is 3.00 bits per heavy atom. The molecule has 2 rings (SSSR count). The second kappa shape index (κ2) is 4.77. The highest BCUT2D eigenvalue weighted by molar-refractivity contribution is 5.63. The molecule has 1 N–H and O–H groups in total. The number of nitrogens with zero attached hydrogens (tertiary/aromatic N) is 1. The largest absolute Gasteiger partial charge is 0.383 e. The van der Waals surface area contributed by atoms with Crippen LogP contribution in [-0.2, 0) is 6.42 Å². The molecule has 1 aliphatic heterocycles. The van der Waals surface area contributed by atoms with Gasteiger partial charge in [0.1, 0.15) is 0 Å². The van der Waals surface area contributed by atoms with E-state index in [1.54, 1.807) is 0 Å². The molecule has 1 aliphatic rings. The highest BCUT2D eigenvalue weighted by Crippen LogP contribution is 2.29. The summed E-state index contributed by atoms with van der Waals surface area (Å²) in [7, 11) is 2.17. The van der Waals surface area contributed by atoms with Gasteiger partial charge in [0.2, 0.25) is 0 Å². The lowest BCUT2D eigenvalue weighted by atomic mass is 10.1. The molecule has 0 bridgehead atoms. The Kier molecular flexibility index (Phi) is 3.37. The van der Waals surface area contributed by atoms with Gasteiger partial charge in [-0.1, -0.05) is 13.3 Å². The first kappa shape index (κ1) is 11.3. The maximum atomic E-state index is 3.57. The summed E-state index contributed by atoms with van der Waals surface area (Å²) < 4.78 is 0. The van der Waals surface area contributed by atoms with E-state index in [0.29, 0.717) is 6.04 Å². The Bertz CT molecular complexity index is 360.